The molecule has 1 aliphatic heterocycles. The first-order valence-electron chi connectivity index (χ1n) is 9.59. The zero-order chi connectivity index (χ0) is 22.9. The molecule has 0 aromatic heterocycles. The molecular formula is C23H17ClN2O5S. The van der Waals surface area contributed by atoms with Crippen LogP contribution in [0.4, 0.5) is 5.69 Å². The first-order chi connectivity index (χ1) is 15.3. The van der Waals surface area contributed by atoms with Crippen LogP contribution in [0.2, 0.25) is 5.02 Å². The molecule has 2 amide bonds. The summed E-state index contributed by atoms with van der Waals surface area (Å²) in [5.74, 6) is -2.23. The molecule has 0 aliphatic carbocycles. The van der Waals surface area contributed by atoms with Crippen LogP contribution in [0.3, 0.4) is 0 Å². The summed E-state index contributed by atoms with van der Waals surface area (Å²) in [5, 5.41) is 3.80. The third kappa shape index (κ3) is 4.02. The van der Waals surface area contributed by atoms with E-state index in [1.54, 1.807) is 30.3 Å². The maximum absolute atomic E-state index is 12.9. The van der Waals surface area contributed by atoms with E-state index in [4.69, 9.17) is 11.6 Å². The van der Waals surface area contributed by atoms with Gasteiger partial charge in [-0.05, 0) is 42.0 Å². The highest BCUT2D eigenvalue weighted by Crippen LogP contribution is 2.29. The van der Waals surface area contributed by atoms with Gasteiger partial charge in [0.05, 0.1) is 10.6 Å². The third-order valence-electron chi connectivity index (χ3n) is 5.06. The molecule has 0 bridgehead atoms. The van der Waals surface area contributed by atoms with E-state index in [1.807, 2.05) is 0 Å². The third-order valence-corrected chi connectivity index (χ3v) is 7.41. The van der Waals surface area contributed by atoms with E-state index in [-0.39, 0.29) is 28.3 Å². The van der Waals surface area contributed by atoms with Crippen molar-refractivity contribution in [2.45, 2.75) is 16.7 Å². The van der Waals surface area contributed by atoms with Crippen LogP contribution >= 0.6 is 11.6 Å². The van der Waals surface area contributed by atoms with Crippen molar-refractivity contribution in [3.63, 3.8) is 0 Å². The number of rotatable bonds is 5. The highest BCUT2D eigenvalue weighted by molar-refractivity contribution is 7.93. The van der Waals surface area contributed by atoms with Gasteiger partial charge in [-0.1, -0.05) is 48.0 Å². The SMILES string of the molecule is O=C(NCc1ccccc1Cl)c1ccc2c(c1)NC(=O)C(S(=O)(=O)c1ccccc1)C2=O. The molecule has 0 radical (unpaired) electrons. The smallest absolute Gasteiger partial charge is 0.251 e. The molecule has 1 aliphatic rings. The highest BCUT2D eigenvalue weighted by Gasteiger charge is 2.44. The van der Waals surface area contributed by atoms with Gasteiger partial charge < -0.3 is 10.6 Å². The Morgan fingerprint density at radius 2 is 1.66 bits per heavy atom. The van der Waals surface area contributed by atoms with Crippen molar-refractivity contribution in [3.05, 3.63) is 94.5 Å². The molecule has 3 aromatic rings. The van der Waals surface area contributed by atoms with Gasteiger partial charge >= 0.3 is 0 Å². The second-order valence-electron chi connectivity index (χ2n) is 7.13. The zero-order valence-electron chi connectivity index (χ0n) is 16.5. The van der Waals surface area contributed by atoms with Crippen molar-refractivity contribution in [3.8, 4) is 0 Å². The number of halogens is 1. The monoisotopic (exact) mass is 468 g/mol. The zero-order valence-corrected chi connectivity index (χ0v) is 18.1. The van der Waals surface area contributed by atoms with Gasteiger partial charge in [0.25, 0.3) is 11.8 Å². The number of benzene rings is 3. The standard InChI is InChI=1S/C23H17ClN2O5S/c24-18-9-5-4-6-15(18)13-25-22(28)14-10-11-17-19(12-14)26-23(29)21(20(17)27)32(30,31)16-7-2-1-3-8-16/h1-12,21H,13H2,(H,25,28)(H,26,29). The number of carbonyl (C=O) groups excluding carboxylic acids is 3. The molecule has 3 aromatic carbocycles. The number of ketones is 1. The Hall–Kier alpha value is -3.49. The predicted molar refractivity (Wildman–Crippen MR) is 119 cm³/mol. The van der Waals surface area contributed by atoms with E-state index in [1.165, 1.54) is 42.5 Å². The van der Waals surface area contributed by atoms with E-state index in [2.05, 4.69) is 10.6 Å². The van der Waals surface area contributed by atoms with Crippen LogP contribution in [0, 0.1) is 0 Å². The number of amides is 2. The topological polar surface area (TPSA) is 109 Å². The summed E-state index contributed by atoms with van der Waals surface area (Å²) < 4.78 is 25.8. The lowest BCUT2D eigenvalue weighted by atomic mass is 9.99. The molecule has 4 rings (SSSR count). The first-order valence-corrected chi connectivity index (χ1v) is 11.5. The molecule has 32 heavy (non-hydrogen) atoms. The predicted octanol–water partition coefficient (Wildman–Crippen LogP) is 3.25. The van der Waals surface area contributed by atoms with E-state index in [0.717, 1.165) is 5.56 Å². The van der Waals surface area contributed by atoms with Crippen LogP contribution in [0.25, 0.3) is 0 Å². The Labute approximate surface area is 189 Å². The van der Waals surface area contributed by atoms with Gasteiger partial charge in [0.1, 0.15) is 0 Å². The van der Waals surface area contributed by atoms with Crippen molar-refractivity contribution in [1.29, 1.82) is 0 Å². The van der Waals surface area contributed by atoms with Crippen molar-refractivity contribution in [2.75, 3.05) is 5.32 Å². The van der Waals surface area contributed by atoms with Crippen molar-refractivity contribution >= 4 is 44.7 Å². The summed E-state index contributed by atoms with van der Waals surface area (Å²) >= 11 is 6.09. The summed E-state index contributed by atoms with van der Waals surface area (Å²) in [6.45, 7) is 0.193. The van der Waals surface area contributed by atoms with Gasteiger partial charge in [-0.2, -0.15) is 0 Å². The molecule has 0 spiro atoms. The molecule has 1 unspecified atom stereocenters. The second-order valence-corrected chi connectivity index (χ2v) is 9.57. The number of nitrogens with one attached hydrogen (secondary N) is 2. The minimum Gasteiger partial charge on any atom is -0.348 e. The average molecular weight is 469 g/mol. The number of fused-ring (bicyclic) bond motifs is 1. The molecule has 1 heterocycles. The van der Waals surface area contributed by atoms with Crippen LogP contribution in [0.1, 0.15) is 26.3 Å². The molecule has 7 nitrogen and oxygen atoms in total. The summed E-state index contributed by atoms with van der Waals surface area (Å²) in [5.41, 5.74) is 1.05. The minimum atomic E-state index is -4.23. The number of anilines is 1. The Morgan fingerprint density at radius 3 is 2.38 bits per heavy atom. The lowest BCUT2D eigenvalue weighted by molar-refractivity contribution is -0.115. The fourth-order valence-corrected chi connectivity index (χ4v) is 5.17. The van der Waals surface area contributed by atoms with E-state index < -0.39 is 32.7 Å². The van der Waals surface area contributed by atoms with Crippen LogP contribution in [-0.4, -0.2) is 31.3 Å². The minimum absolute atomic E-state index is 0.0248. The van der Waals surface area contributed by atoms with Crippen LogP contribution < -0.4 is 10.6 Å². The molecule has 2 N–H and O–H groups in total. The Morgan fingerprint density at radius 1 is 0.969 bits per heavy atom. The van der Waals surface area contributed by atoms with E-state index in [0.29, 0.717) is 5.02 Å². The summed E-state index contributed by atoms with van der Waals surface area (Å²) in [7, 11) is -4.23. The van der Waals surface area contributed by atoms with Crippen LogP contribution in [-0.2, 0) is 21.2 Å². The number of Topliss-reactive ketones (excluding diaryl/α,β-unsaturated/α-hetero) is 1. The molecule has 0 saturated carbocycles. The number of hydrogen-bond donors (Lipinski definition) is 2. The Balaban J connectivity index is 1.57. The Kier molecular flexibility index (Phi) is 5.82. The number of carbonyl (C=O) groups is 3. The molecular weight excluding hydrogens is 452 g/mol. The van der Waals surface area contributed by atoms with Gasteiger partial charge in [-0.3, -0.25) is 14.4 Å². The lowest BCUT2D eigenvalue weighted by Gasteiger charge is -2.24. The molecule has 0 fully saturated rings. The number of sulfone groups is 1. The van der Waals surface area contributed by atoms with Crippen LogP contribution in [0.15, 0.2) is 77.7 Å². The second kappa shape index (κ2) is 8.57. The normalized spacial score (nSPS) is 15.6. The quantitative estimate of drug-likeness (QED) is 0.558. The van der Waals surface area contributed by atoms with Gasteiger partial charge in [0.15, 0.2) is 15.6 Å². The largest absolute Gasteiger partial charge is 0.348 e. The average Bonchev–Trinajstić information content (AvgIpc) is 2.78. The highest BCUT2D eigenvalue weighted by atomic mass is 35.5. The van der Waals surface area contributed by atoms with Gasteiger partial charge in [-0.25, -0.2) is 8.42 Å². The first kappa shape index (κ1) is 21.7. The van der Waals surface area contributed by atoms with Crippen molar-refractivity contribution in [1.82, 2.24) is 5.32 Å². The van der Waals surface area contributed by atoms with Gasteiger partial charge in [0, 0.05) is 22.7 Å². The fourth-order valence-electron chi connectivity index (χ4n) is 3.41. The number of hydrogen-bond acceptors (Lipinski definition) is 5. The molecule has 1 atom stereocenters. The van der Waals surface area contributed by atoms with E-state index >= 15 is 0 Å². The summed E-state index contributed by atoms with van der Waals surface area (Å²) in [6.07, 6.45) is 0. The summed E-state index contributed by atoms with van der Waals surface area (Å²) in [4.78, 5) is 37.9. The maximum atomic E-state index is 12.9. The molecule has 9 heteroatoms. The fraction of sp³-hybridized carbons (Fsp3) is 0.0870. The Bertz CT molecular complexity index is 1340. The molecule has 0 saturated heterocycles. The maximum Gasteiger partial charge on any atom is 0.251 e. The van der Waals surface area contributed by atoms with Gasteiger partial charge in [-0.15, -0.1) is 0 Å². The summed E-state index contributed by atoms with van der Waals surface area (Å²) in [6, 6.07) is 18.5. The van der Waals surface area contributed by atoms with Crippen LogP contribution in [0.5, 0.6) is 0 Å². The van der Waals surface area contributed by atoms with Gasteiger partial charge in [0.2, 0.25) is 5.25 Å². The van der Waals surface area contributed by atoms with Crippen molar-refractivity contribution in [2.24, 2.45) is 0 Å². The van der Waals surface area contributed by atoms with Crippen molar-refractivity contribution < 1.29 is 22.8 Å². The lowest BCUT2D eigenvalue weighted by Crippen LogP contribution is -2.45. The molecule has 162 valence electrons. The van der Waals surface area contributed by atoms with E-state index in [9.17, 15) is 22.8 Å².